The van der Waals surface area contributed by atoms with Gasteiger partial charge < -0.3 is 15.4 Å². The molecule has 2 aromatic carbocycles. The molecule has 0 atom stereocenters. The second-order valence-electron chi connectivity index (χ2n) is 8.22. The van der Waals surface area contributed by atoms with E-state index >= 15 is 0 Å². The molecule has 0 bridgehead atoms. The fraction of sp³-hybridized carbons (Fsp3) is 0.360. The Morgan fingerprint density at radius 1 is 1.19 bits per heavy atom. The summed E-state index contributed by atoms with van der Waals surface area (Å²) in [6.07, 6.45) is 1.58. The monoisotopic (exact) mass is 455 g/mol. The SMILES string of the molecule is NC(=O)Cc1cc2cc(OCCCN3CCC(F)CC3)ccc2nc1-c1cccc(Cl)c1. The largest absolute Gasteiger partial charge is 0.494 e. The van der Waals surface area contributed by atoms with Crippen LogP contribution in [-0.2, 0) is 11.2 Å². The van der Waals surface area contributed by atoms with Crippen LogP contribution < -0.4 is 10.5 Å². The van der Waals surface area contributed by atoms with Crippen LogP contribution in [0, 0.1) is 0 Å². The number of hydrogen-bond acceptors (Lipinski definition) is 4. The molecule has 1 aromatic heterocycles. The number of ether oxygens (including phenoxy) is 1. The standard InChI is InChI=1S/C25H27ClFN3O2/c26-20-4-1-3-17(14-20)25-19(16-24(28)31)13-18-15-22(5-6-23(18)29-25)32-12-2-9-30-10-7-21(27)8-11-30/h1,3-6,13-15,21H,2,7-12,16H2,(H2,28,31). The van der Waals surface area contributed by atoms with Gasteiger partial charge in [-0.15, -0.1) is 0 Å². The van der Waals surface area contributed by atoms with Crippen molar-refractivity contribution in [2.45, 2.75) is 31.9 Å². The quantitative estimate of drug-likeness (QED) is 0.496. The number of halogens is 2. The van der Waals surface area contributed by atoms with Crippen molar-refractivity contribution in [2.24, 2.45) is 5.73 Å². The van der Waals surface area contributed by atoms with Crippen molar-refractivity contribution in [3.05, 3.63) is 59.1 Å². The molecule has 2 heterocycles. The van der Waals surface area contributed by atoms with Gasteiger partial charge in [0.1, 0.15) is 11.9 Å². The summed E-state index contributed by atoms with van der Waals surface area (Å²) in [5.74, 6) is 0.334. The average molecular weight is 456 g/mol. The van der Waals surface area contributed by atoms with E-state index in [1.165, 1.54) is 0 Å². The van der Waals surface area contributed by atoms with Gasteiger partial charge in [0.2, 0.25) is 5.91 Å². The lowest BCUT2D eigenvalue weighted by atomic mass is 10.0. The fourth-order valence-corrected chi connectivity index (χ4v) is 4.29. The number of pyridine rings is 1. The Kier molecular flexibility index (Phi) is 7.22. The predicted octanol–water partition coefficient (Wildman–Crippen LogP) is 4.79. The van der Waals surface area contributed by atoms with Crippen LogP contribution in [0.1, 0.15) is 24.8 Å². The number of piperidine rings is 1. The topological polar surface area (TPSA) is 68.5 Å². The van der Waals surface area contributed by atoms with Gasteiger partial charge in [-0.1, -0.05) is 23.7 Å². The highest BCUT2D eigenvalue weighted by Gasteiger charge is 2.17. The Balaban J connectivity index is 1.48. The summed E-state index contributed by atoms with van der Waals surface area (Å²) in [5, 5.41) is 1.49. The maximum Gasteiger partial charge on any atom is 0.221 e. The van der Waals surface area contributed by atoms with Gasteiger partial charge in [0.15, 0.2) is 0 Å². The summed E-state index contributed by atoms with van der Waals surface area (Å²) in [5.41, 5.74) is 8.57. The molecule has 1 aliphatic heterocycles. The van der Waals surface area contributed by atoms with Gasteiger partial charge in [-0.3, -0.25) is 4.79 Å². The van der Waals surface area contributed by atoms with E-state index in [-0.39, 0.29) is 6.42 Å². The molecule has 2 N–H and O–H groups in total. The molecule has 5 nitrogen and oxygen atoms in total. The number of rotatable bonds is 8. The second kappa shape index (κ2) is 10.3. The van der Waals surface area contributed by atoms with E-state index < -0.39 is 12.1 Å². The molecule has 168 valence electrons. The van der Waals surface area contributed by atoms with Crippen LogP contribution in [0.5, 0.6) is 5.75 Å². The van der Waals surface area contributed by atoms with E-state index in [0.717, 1.165) is 53.8 Å². The lowest BCUT2D eigenvalue weighted by Crippen LogP contribution is -2.35. The van der Waals surface area contributed by atoms with Gasteiger partial charge in [0.25, 0.3) is 0 Å². The lowest BCUT2D eigenvalue weighted by molar-refractivity contribution is -0.117. The van der Waals surface area contributed by atoms with Gasteiger partial charge in [-0.2, -0.15) is 0 Å². The summed E-state index contributed by atoms with van der Waals surface area (Å²) in [6.45, 7) is 3.14. The Hall–Kier alpha value is -2.70. The molecule has 4 rings (SSSR count). The molecule has 0 aliphatic carbocycles. The molecule has 32 heavy (non-hydrogen) atoms. The first kappa shape index (κ1) is 22.5. The molecule has 7 heteroatoms. The zero-order valence-corrected chi connectivity index (χ0v) is 18.7. The summed E-state index contributed by atoms with van der Waals surface area (Å²) in [6, 6.07) is 15.1. The number of amides is 1. The lowest BCUT2D eigenvalue weighted by Gasteiger charge is -2.28. The van der Waals surface area contributed by atoms with E-state index in [2.05, 4.69) is 4.90 Å². The molecule has 0 radical (unpaired) electrons. The van der Waals surface area contributed by atoms with Gasteiger partial charge in [0.05, 0.1) is 24.2 Å². The first-order chi connectivity index (χ1) is 15.5. The average Bonchev–Trinajstić information content (AvgIpc) is 2.77. The molecule has 0 unspecified atom stereocenters. The molecule has 0 saturated carbocycles. The number of carbonyl (C=O) groups excluding carboxylic acids is 1. The predicted molar refractivity (Wildman–Crippen MR) is 126 cm³/mol. The van der Waals surface area contributed by atoms with Crippen molar-refractivity contribution in [1.82, 2.24) is 9.88 Å². The fourth-order valence-electron chi connectivity index (χ4n) is 4.10. The van der Waals surface area contributed by atoms with Gasteiger partial charge in [-0.05, 0) is 61.2 Å². The zero-order valence-electron chi connectivity index (χ0n) is 17.9. The van der Waals surface area contributed by atoms with E-state index in [4.69, 9.17) is 27.1 Å². The number of benzene rings is 2. The van der Waals surface area contributed by atoms with Crippen LogP contribution in [0.2, 0.25) is 5.02 Å². The van der Waals surface area contributed by atoms with Crippen molar-refractivity contribution in [2.75, 3.05) is 26.2 Å². The number of hydrogen-bond donors (Lipinski definition) is 1. The molecule has 1 aliphatic rings. The van der Waals surface area contributed by atoms with E-state index in [9.17, 15) is 9.18 Å². The smallest absolute Gasteiger partial charge is 0.221 e. The van der Waals surface area contributed by atoms with Gasteiger partial charge in [-0.25, -0.2) is 9.37 Å². The number of nitrogens with two attached hydrogens (primary N) is 1. The van der Waals surface area contributed by atoms with Crippen LogP contribution in [0.15, 0.2) is 48.5 Å². The third kappa shape index (κ3) is 5.75. The summed E-state index contributed by atoms with van der Waals surface area (Å²) >= 11 is 6.15. The number of fused-ring (bicyclic) bond motifs is 1. The minimum Gasteiger partial charge on any atom is -0.494 e. The summed E-state index contributed by atoms with van der Waals surface area (Å²) in [7, 11) is 0. The van der Waals surface area contributed by atoms with E-state index in [1.54, 1.807) is 6.07 Å². The molecular weight excluding hydrogens is 429 g/mol. The highest BCUT2D eigenvalue weighted by Crippen LogP contribution is 2.29. The highest BCUT2D eigenvalue weighted by atomic mass is 35.5. The Bertz CT molecular complexity index is 1100. The van der Waals surface area contributed by atoms with Crippen LogP contribution in [0.4, 0.5) is 4.39 Å². The van der Waals surface area contributed by atoms with Crippen LogP contribution in [-0.4, -0.2) is 48.2 Å². The minimum atomic E-state index is -0.646. The first-order valence-corrected chi connectivity index (χ1v) is 11.3. The Morgan fingerprint density at radius 3 is 2.75 bits per heavy atom. The zero-order chi connectivity index (χ0) is 22.5. The molecule has 1 amide bonds. The van der Waals surface area contributed by atoms with Crippen LogP contribution >= 0.6 is 11.6 Å². The Labute approximate surface area is 192 Å². The molecule has 0 spiro atoms. The first-order valence-electron chi connectivity index (χ1n) is 10.9. The maximum atomic E-state index is 13.2. The third-order valence-electron chi connectivity index (χ3n) is 5.73. The van der Waals surface area contributed by atoms with Crippen molar-refractivity contribution in [3.8, 4) is 17.0 Å². The van der Waals surface area contributed by atoms with Crippen LogP contribution in [0.25, 0.3) is 22.2 Å². The molecule has 3 aromatic rings. The number of primary amides is 1. The summed E-state index contributed by atoms with van der Waals surface area (Å²) < 4.78 is 19.2. The number of carbonyl (C=O) groups is 1. The maximum absolute atomic E-state index is 13.2. The van der Waals surface area contributed by atoms with Crippen molar-refractivity contribution in [3.63, 3.8) is 0 Å². The number of likely N-dealkylation sites (tertiary alicyclic amines) is 1. The van der Waals surface area contributed by atoms with Gasteiger partial charge in [0, 0.05) is 35.6 Å². The number of alkyl halides is 1. The normalized spacial score (nSPS) is 15.2. The molecule has 1 saturated heterocycles. The second-order valence-corrected chi connectivity index (χ2v) is 8.66. The molecule has 1 fully saturated rings. The number of aromatic nitrogens is 1. The number of nitrogens with zero attached hydrogens (tertiary/aromatic N) is 2. The third-order valence-corrected chi connectivity index (χ3v) is 5.97. The Morgan fingerprint density at radius 2 is 2.00 bits per heavy atom. The highest BCUT2D eigenvalue weighted by molar-refractivity contribution is 6.30. The van der Waals surface area contributed by atoms with Gasteiger partial charge >= 0.3 is 0 Å². The van der Waals surface area contributed by atoms with Crippen LogP contribution in [0.3, 0.4) is 0 Å². The van der Waals surface area contributed by atoms with E-state index in [1.807, 2.05) is 42.5 Å². The summed E-state index contributed by atoms with van der Waals surface area (Å²) in [4.78, 5) is 18.7. The van der Waals surface area contributed by atoms with Crippen molar-refractivity contribution in [1.29, 1.82) is 0 Å². The van der Waals surface area contributed by atoms with E-state index in [0.29, 0.717) is 30.2 Å². The van der Waals surface area contributed by atoms with Crippen molar-refractivity contribution < 1.29 is 13.9 Å². The minimum absolute atomic E-state index is 0.0887. The van der Waals surface area contributed by atoms with Crippen molar-refractivity contribution >= 4 is 28.4 Å². The molecular formula is C25H27ClFN3O2.